The van der Waals surface area contributed by atoms with Gasteiger partial charge in [0, 0.05) is 32.1 Å². The molecule has 2 saturated heterocycles. The lowest BCUT2D eigenvalue weighted by molar-refractivity contribution is -0.142. The van der Waals surface area contributed by atoms with E-state index < -0.39 is 6.61 Å². The van der Waals surface area contributed by atoms with E-state index in [1.54, 1.807) is 4.90 Å². The summed E-state index contributed by atoms with van der Waals surface area (Å²) < 4.78 is 0. The maximum Gasteiger partial charge on any atom is 0.248 e. The molecule has 0 unspecified atom stereocenters. The molecular formula is C14H25N3O3. The first-order valence-corrected chi connectivity index (χ1v) is 7.53. The lowest BCUT2D eigenvalue weighted by Gasteiger charge is -2.37. The smallest absolute Gasteiger partial charge is 0.248 e. The summed E-state index contributed by atoms with van der Waals surface area (Å²) in [6.45, 7) is 3.06. The Morgan fingerprint density at radius 1 is 1.00 bits per heavy atom. The van der Waals surface area contributed by atoms with Crippen LogP contribution in [0.4, 0.5) is 0 Å². The minimum Gasteiger partial charge on any atom is -0.387 e. The second kappa shape index (κ2) is 7.04. The third-order valence-electron chi connectivity index (χ3n) is 4.59. The summed E-state index contributed by atoms with van der Waals surface area (Å²) in [4.78, 5) is 27.4. The Hall–Kier alpha value is -1.14. The van der Waals surface area contributed by atoms with E-state index in [0.29, 0.717) is 38.4 Å². The SMILES string of the molecule is NCC1CCN(C(=O)C2CCN(C(=O)CO)CC2)CC1. The van der Waals surface area contributed by atoms with Gasteiger partial charge in [-0.25, -0.2) is 0 Å². The van der Waals surface area contributed by atoms with Gasteiger partial charge in [0.25, 0.3) is 0 Å². The number of nitrogens with zero attached hydrogens (tertiary/aromatic N) is 2. The highest BCUT2D eigenvalue weighted by atomic mass is 16.3. The number of carbonyl (C=O) groups is 2. The van der Waals surface area contributed by atoms with Crippen LogP contribution < -0.4 is 5.73 Å². The summed E-state index contributed by atoms with van der Waals surface area (Å²) >= 11 is 0. The molecule has 2 amide bonds. The Bertz CT molecular complexity index is 346. The lowest BCUT2D eigenvalue weighted by atomic mass is 9.92. The van der Waals surface area contributed by atoms with E-state index in [-0.39, 0.29) is 17.7 Å². The van der Waals surface area contributed by atoms with E-state index in [1.807, 2.05) is 4.90 Å². The molecule has 6 heteroatoms. The Morgan fingerprint density at radius 3 is 2.05 bits per heavy atom. The third-order valence-corrected chi connectivity index (χ3v) is 4.59. The molecule has 2 aliphatic heterocycles. The Labute approximate surface area is 119 Å². The number of nitrogens with two attached hydrogens (primary N) is 1. The van der Waals surface area contributed by atoms with E-state index in [1.165, 1.54) is 0 Å². The second-order valence-corrected chi connectivity index (χ2v) is 5.82. The van der Waals surface area contributed by atoms with Crippen molar-refractivity contribution in [2.24, 2.45) is 17.6 Å². The fraction of sp³-hybridized carbons (Fsp3) is 0.857. The number of likely N-dealkylation sites (tertiary alicyclic amines) is 2. The van der Waals surface area contributed by atoms with E-state index in [9.17, 15) is 9.59 Å². The molecule has 114 valence electrons. The highest BCUT2D eigenvalue weighted by Crippen LogP contribution is 2.23. The average molecular weight is 283 g/mol. The number of hydrogen-bond acceptors (Lipinski definition) is 4. The van der Waals surface area contributed by atoms with Crippen molar-refractivity contribution in [3.05, 3.63) is 0 Å². The van der Waals surface area contributed by atoms with Crippen LogP contribution in [0.3, 0.4) is 0 Å². The van der Waals surface area contributed by atoms with Gasteiger partial charge in [0.1, 0.15) is 6.61 Å². The summed E-state index contributed by atoms with van der Waals surface area (Å²) in [6, 6.07) is 0. The molecule has 0 spiro atoms. The van der Waals surface area contributed by atoms with Crippen molar-refractivity contribution in [3.63, 3.8) is 0 Å². The first-order chi connectivity index (χ1) is 9.65. The number of aliphatic hydroxyl groups excluding tert-OH is 1. The average Bonchev–Trinajstić information content (AvgIpc) is 2.53. The molecule has 0 aliphatic carbocycles. The van der Waals surface area contributed by atoms with Gasteiger partial charge in [-0.15, -0.1) is 0 Å². The van der Waals surface area contributed by atoms with Gasteiger partial charge in [-0.1, -0.05) is 0 Å². The Balaban J connectivity index is 1.79. The number of rotatable bonds is 3. The molecule has 0 aromatic heterocycles. The Morgan fingerprint density at radius 2 is 1.55 bits per heavy atom. The van der Waals surface area contributed by atoms with Crippen LogP contribution in [0.25, 0.3) is 0 Å². The topological polar surface area (TPSA) is 86.9 Å². The zero-order valence-electron chi connectivity index (χ0n) is 12.0. The van der Waals surface area contributed by atoms with Crippen molar-refractivity contribution >= 4 is 11.8 Å². The molecule has 2 heterocycles. The van der Waals surface area contributed by atoms with Crippen LogP contribution in [0, 0.1) is 11.8 Å². The van der Waals surface area contributed by atoms with Crippen LogP contribution in [0.2, 0.25) is 0 Å². The minimum atomic E-state index is -0.439. The van der Waals surface area contributed by atoms with Crippen molar-refractivity contribution in [1.29, 1.82) is 0 Å². The predicted molar refractivity (Wildman–Crippen MR) is 74.7 cm³/mol. The predicted octanol–water partition coefficient (Wildman–Crippen LogP) is -0.585. The van der Waals surface area contributed by atoms with Gasteiger partial charge in [0.05, 0.1) is 0 Å². The van der Waals surface area contributed by atoms with E-state index in [2.05, 4.69) is 0 Å². The molecule has 0 atom stereocenters. The van der Waals surface area contributed by atoms with Crippen molar-refractivity contribution in [2.75, 3.05) is 39.3 Å². The summed E-state index contributed by atoms with van der Waals surface area (Å²) in [6.07, 6.45) is 3.43. The minimum absolute atomic E-state index is 0.0344. The van der Waals surface area contributed by atoms with E-state index in [0.717, 1.165) is 25.9 Å². The van der Waals surface area contributed by atoms with E-state index in [4.69, 9.17) is 10.8 Å². The number of hydrogen-bond donors (Lipinski definition) is 2. The molecule has 6 nitrogen and oxygen atoms in total. The van der Waals surface area contributed by atoms with Crippen LogP contribution >= 0.6 is 0 Å². The van der Waals surface area contributed by atoms with Gasteiger partial charge >= 0.3 is 0 Å². The van der Waals surface area contributed by atoms with Gasteiger partial charge in [0.2, 0.25) is 11.8 Å². The monoisotopic (exact) mass is 283 g/mol. The molecule has 0 aromatic carbocycles. The lowest BCUT2D eigenvalue weighted by Crippen LogP contribution is -2.47. The summed E-state index contributed by atoms with van der Waals surface area (Å²) in [5.41, 5.74) is 5.66. The van der Waals surface area contributed by atoms with E-state index >= 15 is 0 Å². The van der Waals surface area contributed by atoms with Crippen LogP contribution in [-0.4, -0.2) is 66.1 Å². The molecule has 2 fully saturated rings. The normalized spacial score (nSPS) is 22.1. The molecule has 20 heavy (non-hydrogen) atoms. The van der Waals surface area contributed by atoms with Crippen molar-refractivity contribution in [2.45, 2.75) is 25.7 Å². The third kappa shape index (κ3) is 3.49. The van der Waals surface area contributed by atoms with Crippen LogP contribution in [-0.2, 0) is 9.59 Å². The first kappa shape index (κ1) is 15.3. The molecule has 0 aromatic rings. The van der Waals surface area contributed by atoms with Gasteiger partial charge in [0.15, 0.2) is 0 Å². The van der Waals surface area contributed by atoms with Gasteiger partial charge in [-0.05, 0) is 38.1 Å². The molecule has 0 saturated carbocycles. The number of piperidine rings is 2. The van der Waals surface area contributed by atoms with Gasteiger partial charge < -0.3 is 20.6 Å². The standard InChI is InChI=1S/C14H25N3O3/c15-9-11-1-5-17(6-2-11)14(20)12-3-7-16(8-4-12)13(19)10-18/h11-12,18H,1-10,15H2. The van der Waals surface area contributed by atoms with Crippen molar-refractivity contribution in [1.82, 2.24) is 9.80 Å². The quantitative estimate of drug-likeness (QED) is 0.725. The van der Waals surface area contributed by atoms with Crippen molar-refractivity contribution in [3.8, 4) is 0 Å². The fourth-order valence-electron chi connectivity index (χ4n) is 3.12. The zero-order valence-corrected chi connectivity index (χ0v) is 12.0. The van der Waals surface area contributed by atoms with Crippen LogP contribution in [0.15, 0.2) is 0 Å². The fourth-order valence-corrected chi connectivity index (χ4v) is 3.12. The molecular weight excluding hydrogens is 258 g/mol. The second-order valence-electron chi connectivity index (χ2n) is 5.82. The first-order valence-electron chi connectivity index (χ1n) is 7.53. The molecule has 3 N–H and O–H groups in total. The summed E-state index contributed by atoms with van der Waals surface area (Å²) in [5, 5.41) is 8.84. The number of aliphatic hydroxyl groups is 1. The highest BCUT2D eigenvalue weighted by molar-refractivity contribution is 5.80. The zero-order chi connectivity index (χ0) is 14.5. The largest absolute Gasteiger partial charge is 0.387 e. The molecule has 0 bridgehead atoms. The summed E-state index contributed by atoms with van der Waals surface area (Å²) in [5.74, 6) is 0.589. The maximum absolute atomic E-state index is 12.4. The van der Waals surface area contributed by atoms with Crippen LogP contribution in [0.1, 0.15) is 25.7 Å². The highest BCUT2D eigenvalue weighted by Gasteiger charge is 2.31. The number of carbonyl (C=O) groups excluding carboxylic acids is 2. The molecule has 2 aliphatic rings. The van der Waals surface area contributed by atoms with Crippen LogP contribution in [0.5, 0.6) is 0 Å². The Kier molecular flexibility index (Phi) is 5.37. The van der Waals surface area contributed by atoms with Gasteiger partial charge in [-0.3, -0.25) is 9.59 Å². The van der Waals surface area contributed by atoms with Gasteiger partial charge in [-0.2, -0.15) is 0 Å². The number of amides is 2. The molecule has 0 radical (unpaired) electrons. The maximum atomic E-state index is 12.4. The molecule has 2 rings (SSSR count). The van der Waals surface area contributed by atoms with Crippen molar-refractivity contribution < 1.29 is 14.7 Å². The summed E-state index contributed by atoms with van der Waals surface area (Å²) in [7, 11) is 0.